The molecule has 1 aromatic heterocycles. The van der Waals surface area contributed by atoms with Gasteiger partial charge in [0.15, 0.2) is 0 Å². The first kappa shape index (κ1) is 11.9. The summed E-state index contributed by atoms with van der Waals surface area (Å²) in [5.74, 6) is -0.787. The van der Waals surface area contributed by atoms with E-state index in [4.69, 9.17) is 11.5 Å². The van der Waals surface area contributed by atoms with Crippen molar-refractivity contribution in [3.05, 3.63) is 41.3 Å². The largest absolute Gasteiger partial charge is 0.384 e. The number of hydrogen-bond donors (Lipinski definition) is 4. The fraction of sp³-hybridized carbons (Fsp3) is 0.0909. The second-order valence-electron chi connectivity index (χ2n) is 3.72. The minimum Gasteiger partial charge on any atom is -0.384 e. The molecule has 2 rings (SSSR count). The third-order valence-electron chi connectivity index (χ3n) is 2.47. The Bertz CT molecular complexity index is 581. The highest BCUT2D eigenvalue weighted by Crippen LogP contribution is 2.17. The summed E-state index contributed by atoms with van der Waals surface area (Å²) in [5, 5.41) is 9.18. The molecule has 0 saturated carbocycles. The van der Waals surface area contributed by atoms with Crippen molar-refractivity contribution in [2.75, 3.05) is 11.1 Å². The zero-order valence-corrected chi connectivity index (χ0v) is 9.40. The minimum atomic E-state index is -0.667. The van der Waals surface area contributed by atoms with E-state index in [0.29, 0.717) is 12.4 Å². The third-order valence-corrected chi connectivity index (χ3v) is 2.47. The number of primary amides is 1. The van der Waals surface area contributed by atoms with Crippen LogP contribution < -0.4 is 16.8 Å². The normalized spacial score (nSPS) is 10.3. The molecule has 0 radical (unpaired) electrons. The molecule has 0 fully saturated rings. The first-order chi connectivity index (χ1) is 8.58. The van der Waals surface area contributed by atoms with Crippen molar-refractivity contribution in [1.82, 2.24) is 10.2 Å². The van der Waals surface area contributed by atoms with Gasteiger partial charge >= 0.3 is 0 Å². The van der Waals surface area contributed by atoms with Crippen molar-refractivity contribution >= 4 is 17.4 Å². The number of rotatable bonds is 4. The van der Waals surface area contributed by atoms with E-state index in [2.05, 4.69) is 15.5 Å². The number of nitrogen functional groups attached to an aromatic ring is 1. The molecule has 2 aromatic rings. The number of H-pyrrole nitrogens is 1. The predicted molar refractivity (Wildman–Crippen MR) is 65.2 cm³/mol. The Balaban J connectivity index is 2.11. The second kappa shape index (κ2) is 4.74. The molecule has 0 aliphatic heterocycles. The number of nitrogens with one attached hydrogen (secondary N) is 2. The number of nitrogens with two attached hydrogens (primary N) is 2. The SMILES string of the molecule is NC(=O)c1ccc(NCc2cn[nH]c2N)c(F)c1. The van der Waals surface area contributed by atoms with Gasteiger partial charge in [-0.15, -0.1) is 0 Å². The van der Waals surface area contributed by atoms with Gasteiger partial charge < -0.3 is 16.8 Å². The van der Waals surface area contributed by atoms with Crippen molar-refractivity contribution in [2.24, 2.45) is 5.73 Å². The lowest BCUT2D eigenvalue weighted by Crippen LogP contribution is -2.11. The van der Waals surface area contributed by atoms with Gasteiger partial charge in [0.05, 0.1) is 11.9 Å². The molecule has 0 atom stereocenters. The zero-order valence-electron chi connectivity index (χ0n) is 9.40. The summed E-state index contributed by atoms with van der Waals surface area (Å²) in [6, 6.07) is 3.99. The van der Waals surface area contributed by atoms with Crippen LogP contribution >= 0.6 is 0 Å². The molecule has 0 bridgehead atoms. The summed E-state index contributed by atoms with van der Waals surface area (Å²) in [7, 11) is 0. The van der Waals surface area contributed by atoms with Crippen LogP contribution in [-0.2, 0) is 6.54 Å². The van der Waals surface area contributed by atoms with Gasteiger partial charge in [-0.1, -0.05) is 0 Å². The molecular weight excluding hydrogens is 237 g/mol. The topological polar surface area (TPSA) is 110 Å². The fourth-order valence-corrected chi connectivity index (χ4v) is 1.46. The molecule has 0 aliphatic carbocycles. The van der Waals surface area contributed by atoms with Gasteiger partial charge in [-0.3, -0.25) is 9.89 Å². The lowest BCUT2D eigenvalue weighted by Gasteiger charge is -2.07. The molecule has 6 N–H and O–H groups in total. The van der Waals surface area contributed by atoms with Crippen molar-refractivity contribution in [2.45, 2.75) is 6.54 Å². The number of anilines is 2. The summed E-state index contributed by atoms with van der Waals surface area (Å²) < 4.78 is 13.6. The molecule has 6 nitrogen and oxygen atoms in total. The highest BCUT2D eigenvalue weighted by atomic mass is 19.1. The smallest absolute Gasteiger partial charge is 0.248 e. The number of hydrogen-bond acceptors (Lipinski definition) is 4. The van der Waals surface area contributed by atoms with E-state index >= 15 is 0 Å². The van der Waals surface area contributed by atoms with Crippen LogP contribution in [0.2, 0.25) is 0 Å². The van der Waals surface area contributed by atoms with Crippen molar-refractivity contribution in [1.29, 1.82) is 0 Å². The van der Waals surface area contributed by atoms with Crippen LogP contribution in [0.3, 0.4) is 0 Å². The fourth-order valence-electron chi connectivity index (χ4n) is 1.46. The van der Waals surface area contributed by atoms with Crippen molar-refractivity contribution < 1.29 is 9.18 Å². The number of aromatic nitrogens is 2. The first-order valence-corrected chi connectivity index (χ1v) is 5.19. The third kappa shape index (κ3) is 2.40. The number of benzene rings is 1. The second-order valence-corrected chi connectivity index (χ2v) is 3.72. The Morgan fingerprint density at radius 3 is 2.83 bits per heavy atom. The molecule has 94 valence electrons. The Morgan fingerprint density at radius 2 is 2.28 bits per heavy atom. The Morgan fingerprint density at radius 1 is 1.50 bits per heavy atom. The van der Waals surface area contributed by atoms with Crippen LogP contribution in [0, 0.1) is 5.82 Å². The molecule has 7 heteroatoms. The molecule has 1 amide bonds. The van der Waals surface area contributed by atoms with Crippen LogP contribution in [-0.4, -0.2) is 16.1 Å². The maximum Gasteiger partial charge on any atom is 0.248 e. The average Bonchev–Trinajstić information content (AvgIpc) is 2.73. The molecule has 1 heterocycles. The van der Waals surface area contributed by atoms with Crippen LogP contribution in [0.25, 0.3) is 0 Å². The van der Waals surface area contributed by atoms with Gasteiger partial charge in [0, 0.05) is 17.7 Å². The van der Waals surface area contributed by atoms with Gasteiger partial charge in [0.25, 0.3) is 0 Å². The highest BCUT2D eigenvalue weighted by Gasteiger charge is 2.07. The van der Waals surface area contributed by atoms with Gasteiger partial charge in [-0.25, -0.2) is 4.39 Å². The van der Waals surface area contributed by atoms with E-state index in [1.807, 2.05) is 0 Å². The predicted octanol–water partition coefficient (Wildman–Crippen LogP) is 0.842. The zero-order chi connectivity index (χ0) is 13.1. The van der Waals surface area contributed by atoms with Crippen LogP contribution in [0.4, 0.5) is 15.9 Å². The molecule has 18 heavy (non-hydrogen) atoms. The number of carbonyl (C=O) groups excluding carboxylic acids is 1. The summed E-state index contributed by atoms with van der Waals surface area (Å²) in [6.45, 7) is 0.329. The summed E-state index contributed by atoms with van der Waals surface area (Å²) in [4.78, 5) is 10.9. The average molecular weight is 249 g/mol. The van der Waals surface area contributed by atoms with E-state index in [1.54, 1.807) is 6.20 Å². The Hall–Kier alpha value is -2.57. The highest BCUT2D eigenvalue weighted by molar-refractivity contribution is 5.93. The molecule has 0 aliphatic rings. The quantitative estimate of drug-likeness (QED) is 0.643. The number of aromatic amines is 1. The minimum absolute atomic E-state index is 0.126. The van der Waals surface area contributed by atoms with E-state index in [9.17, 15) is 9.18 Å². The van der Waals surface area contributed by atoms with Gasteiger partial charge in [0.2, 0.25) is 5.91 Å². The van der Waals surface area contributed by atoms with Gasteiger partial charge in [-0.2, -0.15) is 5.10 Å². The number of amides is 1. The standard InChI is InChI=1S/C11H12FN5O/c12-8-3-6(11(14)18)1-2-9(8)15-4-7-5-16-17-10(7)13/h1-3,5,15H,4H2,(H2,14,18)(H3,13,16,17). The van der Waals surface area contributed by atoms with Crippen LogP contribution in [0.5, 0.6) is 0 Å². The molecule has 0 spiro atoms. The summed E-state index contributed by atoms with van der Waals surface area (Å²) >= 11 is 0. The lowest BCUT2D eigenvalue weighted by molar-refractivity contribution is 0.1000. The van der Waals surface area contributed by atoms with E-state index in [1.165, 1.54) is 12.1 Å². The van der Waals surface area contributed by atoms with Gasteiger partial charge in [-0.05, 0) is 18.2 Å². The van der Waals surface area contributed by atoms with Crippen molar-refractivity contribution in [3.8, 4) is 0 Å². The number of carbonyl (C=O) groups is 1. The number of halogens is 1. The Kier molecular flexibility index (Phi) is 3.13. The summed E-state index contributed by atoms with van der Waals surface area (Å²) in [5.41, 5.74) is 11.8. The molecular formula is C11H12FN5O. The maximum atomic E-state index is 13.6. The van der Waals surface area contributed by atoms with Crippen molar-refractivity contribution in [3.63, 3.8) is 0 Å². The molecule has 1 aromatic carbocycles. The molecule has 0 saturated heterocycles. The molecule has 0 unspecified atom stereocenters. The van der Waals surface area contributed by atoms with E-state index in [0.717, 1.165) is 11.6 Å². The van der Waals surface area contributed by atoms with Gasteiger partial charge in [0.1, 0.15) is 11.6 Å². The first-order valence-electron chi connectivity index (χ1n) is 5.19. The van der Waals surface area contributed by atoms with Crippen LogP contribution in [0.15, 0.2) is 24.4 Å². The number of nitrogens with zero attached hydrogens (tertiary/aromatic N) is 1. The monoisotopic (exact) mass is 249 g/mol. The van der Waals surface area contributed by atoms with Crippen LogP contribution in [0.1, 0.15) is 15.9 Å². The van der Waals surface area contributed by atoms with E-state index < -0.39 is 11.7 Å². The lowest BCUT2D eigenvalue weighted by atomic mass is 10.2. The van der Waals surface area contributed by atoms with E-state index in [-0.39, 0.29) is 11.3 Å². The summed E-state index contributed by atoms with van der Waals surface area (Å²) in [6.07, 6.45) is 1.55. The Labute approximate surface area is 102 Å². The maximum absolute atomic E-state index is 13.6.